The van der Waals surface area contributed by atoms with E-state index in [1.807, 2.05) is 32.0 Å². The van der Waals surface area contributed by atoms with Gasteiger partial charge >= 0.3 is 0 Å². The summed E-state index contributed by atoms with van der Waals surface area (Å²) >= 11 is 12.5. The van der Waals surface area contributed by atoms with Crippen molar-refractivity contribution in [2.45, 2.75) is 44.3 Å². The van der Waals surface area contributed by atoms with Gasteiger partial charge in [-0.15, -0.1) is 0 Å². The van der Waals surface area contributed by atoms with Gasteiger partial charge in [0.1, 0.15) is 24.1 Å². The lowest BCUT2D eigenvalue weighted by Gasteiger charge is -2.32. The molecule has 0 aromatic heterocycles. The number of nitrogens with zero attached hydrogens (tertiary/aromatic N) is 2. The number of sulfonamides is 1. The molecule has 2 amide bonds. The predicted molar refractivity (Wildman–Crippen MR) is 174 cm³/mol. The van der Waals surface area contributed by atoms with E-state index in [0.717, 1.165) is 4.31 Å². The Hall–Kier alpha value is -4.05. The number of para-hydroxylation sites is 1. The van der Waals surface area contributed by atoms with E-state index in [1.165, 1.54) is 17.0 Å². The van der Waals surface area contributed by atoms with Crippen LogP contribution < -0.4 is 14.4 Å². The van der Waals surface area contributed by atoms with Crippen LogP contribution in [0.1, 0.15) is 26.3 Å². The van der Waals surface area contributed by atoms with Crippen LogP contribution in [0.3, 0.4) is 0 Å². The van der Waals surface area contributed by atoms with E-state index < -0.39 is 34.4 Å². The number of hydrogen-bond acceptors (Lipinski definition) is 5. The van der Waals surface area contributed by atoms with Crippen molar-refractivity contribution in [2.24, 2.45) is 0 Å². The summed E-state index contributed by atoms with van der Waals surface area (Å²) in [7, 11) is -4.21. The molecule has 4 aromatic rings. The normalized spacial score (nSPS) is 12.0. The van der Waals surface area contributed by atoms with Gasteiger partial charge in [-0.1, -0.05) is 65.7 Å². The molecule has 230 valence electrons. The zero-order chi connectivity index (χ0) is 31.9. The van der Waals surface area contributed by atoms with Gasteiger partial charge in [0, 0.05) is 22.6 Å². The third-order valence-corrected chi connectivity index (χ3v) is 9.04. The van der Waals surface area contributed by atoms with E-state index in [4.69, 9.17) is 27.9 Å². The maximum Gasteiger partial charge on any atom is 0.264 e. The van der Waals surface area contributed by atoms with Crippen LogP contribution in [-0.4, -0.2) is 43.8 Å². The largest absolute Gasteiger partial charge is 0.457 e. The lowest BCUT2D eigenvalue weighted by molar-refractivity contribution is -0.139. The van der Waals surface area contributed by atoms with Crippen molar-refractivity contribution in [3.63, 3.8) is 0 Å². The molecule has 1 atom stereocenters. The number of anilines is 1. The molecule has 0 fully saturated rings. The summed E-state index contributed by atoms with van der Waals surface area (Å²) in [6.45, 7) is 4.58. The van der Waals surface area contributed by atoms with Crippen molar-refractivity contribution in [2.75, 3.05) is 10.8 Å². The molecule has 0 spiro atoms. The molecule has 4 aromatic carbocycles. The third kappa shape index (κ3) is 8.31. The second-order valence-electron chi connectivity index (χ2n) is 10.3. The van der Waals surface area contributed by atoms with Gasteiger partial charge in [0.25, 0.3) is 10.0 Å². The van der Waals surface area contributed by atoms with Gasteiger partial charge < -0.3 is 15.0 Å². The minimum absolute atomic E-state index is 0.00954. The molecule has 1 N–H and O–H groups in total. The first-order valence-corrected chi connectivity index (χ1v) is 16.1. The van der Waals surface area contributed by atoms with Crippen molar-refractivity contribution in [3.05, 3.63) is 119 Å². The topological polar surface area (TPSA) is 96.0 Å². The Kier molecular flexibility index (Phi) is 10.9. The van der Waals surface area contributed by atoms with Crippen LogP contribution in [0.25, 0.3) is 0 Å². The van der Waals surface area contributed by atoms with Gasteiger partial charge in [-0.25, -0.2) is 8.42 Å². The highest BCUT2D eigenvalue weighted by Gasteiger charge is 2.33. The molecule has 0 saturated heterocycles. The summed E-state index contributed by atoms with van der Waals surface area (Å²) in [5.41, 5.74) is 0.792. The summed E-state index contributed by atoms with van der Waals surface area (Å²) in [5, 5.41) is 3.55. The minimum Gasteiger partial charge on any atom is -0.457 e. The maximum absolute atomic E-state index is 14.1. The summed E-state index contributed by atoms with van der Waals surface area (Å²) in [5.74, 6) is 0.112. The van der Waals surface area contributed by atoms with Crippen molar-refractivity contribution in [1.82, 2.24) is 10.2 Å². The van der Waals surface area contributed by atoms with E-state index in [-0.39, 0.29) is 23.2 Å². The molecule has 8 nitrogen and oxygen atoms in total. The number of carbonyl (C=O) groups is 2. The number of rotatable bonds is 12. The molecule has 0 bridgehead atoms. The average molecular weight is 655 g/mol. The number of carbonyl (C=O) groups excluding carboxylic acids is 2. The van der Waals surface area contributed by atoms with Crippen molar-refractivity contribution in [3.8, 4) is 11.5 Å². The zero-order valence-corrected chi connectivity index (χ0v) is 26.8. The molecular weight excluding hydrogens is 621 g/mol. The summed E-state index contributed by atoms with van der Waals surface area (Å²) in [6, 6.07) is 27.1. The second kappa shape index (κ2) is 14.6. The summed E-state index contributed by atoms with van der Waals surface area (Å²) < 4.78 is 34.8. The highest BCUT2D eigenvalue weighted by molar-refractivity contribution is 7.92. The molecule has 11 heteroatoms. The molecule has 0 aliphatic heterocycles. The molecular formula is C33H33Cl2N3O5S. The van der Waals surface area contributed by atoms with E-state index >= 15 is 0 Å². The van der Waals surface area contributed by atoms with Gasteiger partial charge in [-0.3, -0.25) is 13.9 Å². The van der Waals surface area contributed by atoms with Crippen molar-refractivity contribution >= 4 is 50.7 Å². The molecule has 4 rings (SSSR count). The van der Waals surface area contributed by atoms with Crippen molar-refractivity contribution < 1.29 is 22.7 Å². The highest BCUT2D eigenvalue weighted by Crippen LogP contribution is 2.29. The molecule has 0 aliphatic carbocycles. The molecule has 0 unspecified atom stereocenters. The van der Waals surface area contributed by atoms with Crippen LogP contribution in [0, 0.1) is 0 Å². The molecule has 44 heavy (non-hydrogen) atoms. The monoisotopic (exact) mass is 653 g/mol. The first-order chi connectivity index (χ1) is 21.0. The first kappa shape index (κ1) is 32.9. The standard InChI is InChI=1S/C33H33Cl2N3O5S/c1-23(2)36-33(40)24(3)37(21-25-14-15-26(34)20-31(25)35)32(39)22-38(44(41,42)30-12-8-5-9-13-30)27-16-18-29(19-17-27)43-28-10-6-4-7-11-28/h4-20,23-24H,21-22H2,1-3H3,(H,36,40)/t24-/m0/s1. The fraction of sp³-hybridized carbons (Fsp3) is 0.212. The molecule has 0 radical (unpaired) electrons. The Morgan fingerprint density at radius 2 is 1.41 bits per heavy atom. The van der Waals surface area contributed by atoms with E-state index in [0.29, 0.717) is 27.1 Å². The van der Waals surface area contributed by atoms with Crippen LogP contribution in [0.5, 0.6) is 11.5 Å². The Bertz CT molecular complexity index is 1690. The average Bonchev–Trinajstić information content (AvgIpc) is 3.00. The summed E-state index contributed by atoms with van der Waals surface area (Å²) in [6.07, 6.45) is 0. The van der Waals surface area contributed by atoms with Crippen LogP contribution >= 0.6 is 23.2 Å². The number of hydrogen-bond donors (Lipinski definition) is 1. The van der Waals surface area contributed by atoms with Gasteiger partial charge in [-0.05, 0) is 87.0 Å². The summed E-state index contributed by atoms with van der Waals surface area (Å²) in [4.78, 5) is 28.5. The van der Waals surface area contributed by atoms with Crippen LogP contribution in [-0.2, 0) is 26.2 Å². The SMILES string of the molecule is CC(C)NC(=O)[C@H](C)N(Cc1ccc(Cl)cc1Cl)C(=O)CN(c1ccc(Oc2ccccc2)cc1)S(=O)(=O)c1ccccc1. The molecule has 0 heterocycles. The lowest BCUT2D eigenvalue weighted by Crippen LogP contribution is -2.52. The Morgan fingerprint density at radius 3 is 2.00 bits per heavy atom. The fourth-order valence-electron chi connectivity index (χ4n) is 4.37. The zero-order valence-electron chi connectivity index (χ0n) is 24.5. The van der Waals surface area contributed by atoms with Crippen molar-refractivity contribution in [1.29, 1.82) is 0 Å². The minimum atomic E-state index is -4.21. The Labute approximate surface area is 268 Å². The van der Waals surface area contributed by atoms with E-state index in [2.05, 4.69) is 5.32 Å². The van der Waals surface area contributed by atoms with Gasteiger partial charge in [0.05, 0.1) is 10.6 Å². The number of ether oxygens (including phenoxy) is 1. The maximum atomic E-state index is 14.1. The lowest BCUT2D eigenvalue weighted by atomic mass is 10.1. The van der Waals surface area contributed by atoms with Gasteiger partial charge in [0.15, 0.2) is 0 Å². The van der Waals surface area contributed by atoms with Crippen LogP contribution in [0.15, 0.2) is 108 Å². The number of amides is 2. The van der Waals surface area contributed by atoms with E-state index in [9.17, 15) is 18.0 Å². The van der Waals surface area contributed by atoms with Gasteiger partial charge in [0.2, 0.25) is 11.8 Å². The highest BCUT2D eigenvalue weighted by atomic mass is 35.5. The third-order valence-electron chi connectivity index (χ3n) is 6.67. The smallest absolute Gasteiger partial charge is 0.264 e. The Morgan fingerprint density at radius 1 is 0.818 bits per heavy atom. The Balaban J connectivity index is 1.71. The predicted octanol–water partition coefficient (Wildman–Crippen LogP) is 6.92. The number of benzene rings is 4. The number of nitrogens with one attached hydrogen (secondary N) is 1. The number of halogens is 2. The first-order valence-electron chi connectivity index (χ1n) is 13.9. The molecule has 0 saturated carbocycles. The second-order valence-corrected chi connectivity index (χ2v) is 13.0. The quantitative estimate of drug-likeness (QED) is 0.179. The van der Waals surface area contributed by atoms with E-state index in [1.54, 1.807) is 79.7 Å². The molecule has 0 aliphatic rings. The fourth-order valence-corrected chi connectivity index (χ4v) is 6.28. The van der Waals surface area contributed by atoms with Crippen LogP contribution in [0.4, 0.5) is 5.69 Å². The van der Waals surface area contributed by atoms with Gasteiger partial charge in [-0.2, -0.15) is 0 Å². The van der Waals surface area contributed by atoms with Crippen LogP contribution in [0.2, 0.25) is 10.0 Å².